The van der Waals surface area contributed by atoms with Gasteiger partial charge in [0.1, 0.15) is 12.7 Å². The zero-order chi connectivity index (χ0) is 21.5. The largest absolute Gasteiger partial charge is 0.473 e. The van der Waals surface area contributed by atoms with Crippen LogP contribution in [0.3, 0.4) is 0 Å². The molecule has 0 amide bonds. The highest BCUT2D eigenvalue weighted by molar-refractivity contribution is 5.72. The first-order valence-electron chi connectivity index (χ1n) is 10.0. The van der Waals surface area contributed by atoms with Crippen LogP contribution in [0, 0.1) is 13.8 Å². The lowest BCUT2D eigenvalue weighted by Crippen LogP contribution is -2.10. The molecule has 1 atom stereocenters. The number of benzene rings is 2. The third-order valence-electron chi connectivity index (χ3n) is 5.05. The second kappa shape index (κ2) is 10.0. The van der Waals surface area contributed by atoms with Gasteiger partial charge in [0.2, 0.25) is 5.88 Å². The van der Waals surface area contributed by atoms with Crippen molar-refractivity contribution in [1.82, 2.24) is 4.98 Å². The normalized spacial score (nSPS) is 11.7. The van der Waals surface area contributed by atoms with Crippen LogP contribution in [0.4, 0.5) is 0 Å². The van der Waals surface area contributed by atoms with Crippen molar-refractivity contribution in [1.29, 1.82) is 0 Å². The lowest BCUT2D eigenvalue weighted by molar-refractivity contribution is -0.147. The zero-order valence-corrected chi connectivity index (χ0v) is 17.6. The summed E-state index contributed by atoms with van der Waals surface area (Å²) in [5.41, 5.74) is 6.67. The van der Waals surface area contributed by atoms with Gasteiger partial charge in [0.15, 0.2) is 0 Å². The number of hydrogen-bond acceptors (Lipinski definition) is 5. The number of aliphatic hydroxyl groups is 1. The van der Waals surface area contributed by atoms with E-state index in [-0.39, 0.29) is 6.61 Å². The molecule has 0 aliphatic heterocycles. The molecule has 3 rings (SSSR count). The van der Waals surface area contributed by atoms with Gasteiger partial charge in [0.05, 0.1) is 0 Å². The van der Waals surface area contributed by atoms with E-state index in [1.165, 1.54) is 29.2 Å². The average molecular weight is 405 g/mol. The van der Waals surface area contributed by atoms with Crippen LogP contribution >= 0.6 is 0 Å². The van der Waals surface area contributed by atoms with Crippen molar-refractivity contribution in [2.45, 2.75) is 39.9 Å². The van der Waals surface area contributed by atoms with Gasteiger partial charge in [-0.2, -0.15) is 0 Å². The van der Waals surface area contributed by atoms with Gasteiger partial charge < -0.3 is 14.6 Å². The molecule has 1 unspecified atom stereocenters. The molecule has 0 fully saturated rings. The van der Waals surface area contributed by atoms with Crippen LogP contribution in [0.5, 0.6) is 5.88 Å². The number of aromatic nitrogens is 1. The van der Waals surface area contributed by atoms with E-state index < -0.39 is 12.1 Å². The Bertz CT molecular complexity index is 984. The van der Waals surface area contributed by atoms with E-state index in [4.69, 9.17) is 9.47 Å². The van der Waals surface area contributed by atoms with Crippen LogP contribution in [0.15, 0.2) is 60.8 Å². The minimum atomic E-state index is -0.512. The van der Waals surface area contributed by atoms with Gasteiger partial charge in [0, 0.05) is 37.8 Å². The van der Waals surface area contributed by atoms with Crippen molar-refractivity contribution in [3.8, 4) is 17.0 Å². The van der Waals surface area contributed by atoms with E-state index in [0.717, 1.165) is 11.1 Å². The van der Waals surface area contributed by atoms with Crippen LogP contribution in [0.2, 0.25) is 0 Å². The van der Waals surface area contributed by atoms with E-state index in [0.29, 0.717) is 18.9 Å². The predicted molar refractivity (Wildman–Crippen MR) is 116 cm³/mol. The number of aliphatic hydroxyl groups excluding tert-OH is 1. The third-order valence-corrected chi connectivity index (χ3v) is 5.05. The maximum absolute atomic E-state index is 11.3. The van der Waals surface area contributed by atoms with E-state index in [9.17, 15) is 9.90 Å². The fourth-order valence-electron chi connectivity index (χ4n) is 3.53. The van der Waals surface area contributed by atoms with Crippen molar-refractivity contribution in [3.63, 3.8) is 0 Å². The average Bonchev–Trinajstić information content (AvgIpc) is 2.74. The molecule has 3 aromatic rings. The molecule has 0 bridgehead atoms. The van der Waals surface area contributed by atoms with Gasteiger partial charge >= 0.3 is 5.97 Å². The fraction of sp³-hybridized carbons (Fsp3) is 0.280. The lowest BCUT2D eigenvalue weighted by atomic mass is 9.92. The Balaban J connectivity index is 1.74. The summed E-state index contributed by atoms with van der Waals surface area (Å²) < 4.78 is 11.2. The molecule has 156 valence electrons. The maximum Gasteiger partial charge on any atom is 0.303 e. The Morgan fingerprint density at radius 3 is 2.47 bits per heavy atom. The monoisotopic (exact) mass is 405 g/mol. The minimum Gasteiger partial charge on any atom is -0.473 e. The Labute approximate surface area is 177 Å². The summed E-state index contributed by atoms with van der Waals surface area (Å²) >= 11 is 0. The number of nitrogens with zero attached hydrogens (tertiary/aromatic N) is 1. The first kappa shape index (κ1) is 21.5. The van der Waals surface area contributed by atoms with Crippen molar-refractivity contribution < 1.29 is 19.4 Å². The smallest absolute Gasteiger partial charge is 0.303 e. The standard InChI is InChI=1S/C25H27NO4/c1-17-9-10-22(18(2)25(17)20-7-5-4-6-8-20)16-29-24-12-11-21(15-26-24)23(13-14-27)30-19(3)28/h4-12,15,23,27H,13-14,16H2,1-3H3. The summed E-state index contributed by atoms with van der Waals surface area (Å²) in [5.74, 6) is 0.100. The molecule has 5 heteroatoms. The Morgan fingerprint density at radius 1 is 1.07 bits per heavy atom. The molecule has 30 heavy (non-hydrogen) atoms. The zero-order valence-electron chi connectivity index (χ0n) is 17.6. The minimum absolute atomic E-state index is 0.0767. The van der Waals surface area contributed by atoms with Crippen LogP contribution in [-0.2, 0) is 16.1 Å². The van der Waals surface area contributed by atoms with Crippen molar-refractivity contribution in [2.24, 2.45) is 0 Å². The Morgan fingerprint density at radius 2 is 1.83 bits per heavy atom. The van der Waals surface area contributed by atoms with E-state index in [1.54, 1.807) is 12.3 Å². The summed E-state index contributed by atoms with van der Waals surface area (Å²) in [6.45, 7) is 5.91. The van der Waals surface area contributed by atoms with Gasteiger partial charge in [-0.1, -0.05) is 42.5 Å². The van der Waals surface area contributed by atoms with Gasteiger partial charge in [-0.15, -0.1) is 0 Å². The molecule has 0 radical (unpaired) electrons. The molecule has 0 aliphatic rings. The summed E-state index contributed by atoms with van der Waals surface area (Å²) in [7, 11) is 0. The van der Waals surface area contributed by atoms with Crippen molar-refractivity contribution >= 4 is 5.97 Å². The third kappa shape index (κ3) is 5.24. The molecule has 0 saturated heterocycles. The quantitative estimate of drug-likeness (QED) is 0.538. The van der Waals surface area contributed by atoms with Gasteiger partial charge in [-0.05, 0) is 47.7 Å². The molecule has 1 heterocycles. The fourth-order valence-corrected chi connectivity index (χ4v) is 3.53. The van der Waals surface area contributed by atoms with Gasteiger partial charge in [-0.3, -0.25) is 4.79 Å². The number of aryl methyl sites for hydroxylation is 1. The van der Waals surface area contributed by atoms with E-state index in [2.05, 4.69) is 43.1 Å². The van der Waals surface area contributed by atoms with Gasteiger partial charge in [0.25, 0.3) is 0 Å². The number of pyridine rings is 1. The number of ether oxygens (including phenoxy) is 2. The summed E-state index contributed by atoms with van der Waals surface area (Å²) in [6, 6.07) is 18.1. The highest BCUT2D eigenvalue weighted by Gasteiger charge is 2.15. The molecule has 1 aromatic heterocycles. The summed E-state index contributed by atoms with van der Waals surface area (Å²) in [4.78, 5) is 15.6. The maximum atomic E-state index is 11.3. The van der Waals surface area contributed by atoms with Crippen LogP contribution < -0.4 is 4.74 Å². The summed E-state index contributed by atoms with van der Waals surface area (Å²) in [5, 5.41) is 9.19. The highest BCUT2D eigenvalue weighted by atomic mass is 16.5. The number of rotatable bonds is 8. The van der Waals surface area contributed by atoms with E-state index in [1.807, 2.05) is 24.3 Å². The molecule has 0 aliphatic carbocycles. The first-order valence-corrected chi connectivity index (χ1v) is 10.0. The summed E-state index contributed by atoms with van der Waals surface area (Å²) in [6.07, 6.45) is 1.43. The predicted octanol–water partition coefficient (Wildman–Crippen LogP) is 4.93. The molecule has 2 aromatic carbocycles. The SMILES string of the molecule is CC(=O)OC(CCO)c1ccc(OCc2ccc(C)c(-c3ccccc3)c2C)nc1. The lowest BCUT2D eigenvalue weighted by Gasteiger charge is -2.17. The Hall–Kier alpha value is -3.18. The van der Waals surface area contributed by atoms with Crippen LogP contribution in [0.1, 0.15) is 41.7 Å². The van der Waals surface area contributed by atoms with E-state index >= 15 is 0 Å². The number of esters is 1. The first-order chi connectivity index (χ1) is 14.5. The highest BCUT2D eigenvalue weighted by Crippen LogP contribution is 2.30. The van der Waals surface area contributed by atoms with Gasteiger partial charge in [-0.25, -0.2) is 4.98 Å². The molecular formula is C25H27NO4. The number of hydrogen-bond donors (Lipinski definition) is 1. The second-order valence-electron chi connectivity index (χ2n) is 7.24. The molecule has 5 nitrogen and oxygen atoms in total. The molecule has 0 saturated carbocycles. The van der Waals surface area contributed by atoms with Crippen LogP contribution in [-0.4, -0.2) is 22.7 Å². The topological polar surface area (TPSA) is 68.7 Å². The second-order valence-corrected chi connectivity index (χ2v) is 7.24. The Kier molecular flexibility index (Phi) is 7.20. The number of carbonyl (C=O) groups is 1. The van der Waals surface area contributed by atoms with Crippen LogP contribution in [0.25, 0.3) is 11.1 Å². The molecule has 1 N–H and O–H groups in total. The van der Waals surface area contributed by atoms with Crippen molar-refractivity contribution in [3.05, 3.63) is 83.0 Å². The van der Waals surface area contributed by atoms with Crippen molar-refractivity contribution in [2.75, 3.05) is 6.61 Å². The molecule has 0 spiro atoms. The number of carbonyl (C=O) groups excluding carboxylic acids is 1. The molecular weight excluding hydrogens is 378 g/mol.